The highest BCUT2D eigenvalue weighted by molar-refractivity contribution is 7.71. The lowest BCUT2D eigenvalue weighted by Crippen LogP contribution is -2.48. The Morgan fingerprint density at radius 2 is 2.16 bits per heavy atom. The number of nitrogens with one attached hydrogen (secondary N) is 1. The van der Waals surface area contributed by atoms with Crippen LogP contribution in [0.25, 0.3) is 11.2 Å². The summed E-state index contributed by atoms with van der Waals surface area (Å²) >= 11 is 11.5. The van der Waals surface area contributed by atoms with Crippen molar-refractivity contribution < 1.29 is 0 Å². The molecule has 2 aromatic heterocycles. The molecule has 0 aliphatic carbocycles. The molecule has 0 aromatic carbocycles. The Bertz CT molecular complexity index is 683. The summed E-state index contributed by atoms with van der Waals surface area (Å²) in [6, 6.07) is 2.36. The first-order chi connectivity index (χ1) is 9.22. The number of fused-ring (bicyclic) bond motifs is 4. The van der Waals surface area contributed by atoms with Gasteiger partial charge in [-0.25, -0.2) is 4.98 Å². The molecule has 100 valence electrons. The van der Waals surface area contributed by atoms with Gasteiger partial charge in [0, 0.05) is 12.7 Å². The maximum atomic E-state index is 6.00. The van der Waals surface area contributed by atoms with Crippen LogP contribution >= 0.6 is 23.8 Å². The Balaban J connectivity index is 1.87. The molecule has 6 heteroatoms. The number of imidazole rings is 1. The van der Waals surface area contributed by atoms with Gasteiger partial charge in [0.25, 0.3) is 0 Å². The molecule has 0 radical (unpaired) electrons. The van der Waals surface area contributed by atoms with Gasteiger partial charge in [-0.1, -0.05) is 11.6 Å². The second kappa shape index (κ2) is 4.30. The van der Waals surface area contributed by atoms with Gasteiger partial charge in [-0.2, -0.15) is 0 Å². The highest BCUT2D eigenvalue weighted by atomic mass is 35.5. The lowest BCUT2D eigenvalue weighted by molar-refractivity contribution is 0.0580. The number of nitrogens with zero attached hydrogens (tertiary/aromatic N) is 3. The van der Waals surface area contributed by atoms with Gasteiger partial charge in [0.1, 0.15) is 0 Å². The predicted molar refractivity (Wildman–Crippen MR) is 78.1 cm³/mol. The van der Waals surface area contributed by atoms with Gasteiger partial charge in [-0.3, -0.25) is 4.57 Å². The summed E-state index contributed by atoms with van der Waals surface area (Å²) < 4.78 is 2.97. The third kappa shape index (κ3) is 1.83. The van der Waals surface area contributed by atoms with Crippen LogP contribution in [0.4, 0.5) is 0 Å². The molecule has 3 saturated heterocycles. The highest BCUT2D eigenvalue weighted by Gasteiger charge is 2.36. The van der Waals surface area contributed by atoms with E-state index in [4.69, 9.17) is 23.8 Å². The third-order valence-electron chi connectivity index (χ3n) is 4.48. The zero-order valence-corrected chi connectivity index (χ0v) is 12.0. The lowest BCUT2D eigenvalue weighted by Gasteiger charge is -2.45. The summed E-state index contributed by atoms with van der Waals surface area (Å²) in [5.41, 5.74) is 1.88. The molecule has 19 heavy (non-hydrogen) atoms. The molecule has 1 unspecified atom stereocenters. The van der Waals surface area contributed by atoms with Crippen LogP contribution in [-0.2, 0) is 0 Å². The van der Waals surface area contributed by atoms with E-state index in [0.29, 0.717) is 11.1 Å². The zero-order valence-electron chi connectivity index (χ0n) is 10.5. The van der Waals surface area contributed by atoms with Crippen molar-refractivity contribution in [3.8, 4) is 0 Å². The van der Waals surface area contributed by atoms with Crippen LogP contribution in [0.5, 0.6) is 0 Å². The first kappa shape index (κ1) is 11.9. The van der Waals surface area contributed by atoms with E-state index in [1.54, 1.807) is 6.20 Å². The SMILES string of the molecule is S=c1[nH]c2cc(Cl)cnc2n1C1CN2CCC1CC2. The molecule has 2 bridgehead atoms. The molecule has 3 aliphatic rings. The number of aromatic amines is 1. The molecule has 3 fully saturated rings. The summed E-state index contributed by atoms with van der Waals surface area (Å²) in [4.78, 5) is 10.2. The van der Waals surface area contributed by atoms with Crippen molar-refractivity contribution >= 4 is 35.0 Å². The van der Waals surface area contributed by atoms with Crippen molar-refractivity contribution in [2.45, 2.75) is 18.9 Å². The van der Waals surface area contributed by atoms with Crippen LogP contribution in [-0.4, -0.2) is 39.1 Å². The number of aromatic nitrogens is 3. The number of piperidine rings is 3. The minimum absolute atomic E-state index is 0.456. The number of hydrogen-bond donors (Lipinski definition) is 1. The van der Waals surface area contributed by atoms with Crippen molar-refractivity contribution in [2.24, 2.45) is 5.92 Å². The fraction of sp³-hybridized carbons (Fsp3) is 0.538. The maximum absolute atomic E-state index is 6.00. The van der Waals surface area contributed by atoms with Crippen molar-refractivity contribution in [1.29, 1.82) is 0 Å². The maximum Gasteiger partial charge on any atom is 0.179 e. The van der Waals surface area contributed by atoms with Gasteiger partial charge < -0.3 is 9.88 Å². The Labute approximate surface area is 121 Å². The fourth-order valence-corrected chi connectivity index (χ4v) is 4.01. The van der Waals surface area contributed by atoms with Crippen molar-refractivity contribution in [2.75, 3.05) is 19.6 Å². The summed E-state index contributed by atoms with van der Waals surface area (Å²) in [7, 11) is 0. The van der Waals surface area contributed by atoms with Gasteiger partial charge in [0.15, 0.2) is 10.4 Å². The smallest absolute Gasteiger partial charge is 0.179 e. The molecule has 0 spiro atoms. The van der Waals surface area contributed by atoms with Gasteiger partial charge >= 0.3 is 0 Å². The Morgan fingerprint density at radius 1 is 1.37 bits per heavy atom. The van der Waals surface area contributed by atoms with Crippen molar-refractivity contribution in [1.82, 2.24) is 19.4 Å². The fourth-order valence-electron chi connectivity index (χ4n) is 3.52. The standard InChI is InChI=1S/C13H15ClN4S/c14-9-5-10-12(15-6-9)18(13(19)16-10)11-7-17-3-1-8(11)2-4-17/h5-6,8,11H,1-4,7H2,(H,16,19). The van der Waals surface area contributed by atoms with Gasteiger partial charge in [0.05, 0.1) is 16.6 Å². The van der Waals surface area contributed by atoms with E-state index in [1.165, 1.54) is 25.9 Å². The lowest BCUT2D eigenvalue weighted by atomic mass is 9.84. The number of halogens is 1. The van der Waals surface area contributed by atoms with Crippen LogP contribution in [0.3, 0.4) is 0 Å². The van der Waals surface area contributed by atoms with E-state index in [2.05, 4.69) is 19.4 Å². The van der Waals surface area contributed by atoms with E-state index in [9.17, 15) is 0 Å². The minimum atomic E-state index is 0.456. The molecule has 3 aliphatic heterocycles. The molecular weight excluding hydrogens is 280 g/mol. The Kier molecular flexibility index (Phi) is 2.69. The summed E-state index contributed by atoms with van der Waals surface area (Å²) in [5, 5.41) is 0.643. The average molecular weight is 295 g/mol. The minimum Gasteiger partial charge on any atom is -0.329 e. The number of rotatable bonds is 1. The quantitative estimate of drug-likeness (QED) is 0.822. The van der Waals surface area contributed by atoms with E-state index in [-0.39, 0.29) is 0 Å². The van der Waals surface area contributed by atoms with E-state index in [0.717, 1.165) is 28.4 Å². The Morgan fingerprint density at radius 3 is 2.84 bits per heavy atom. The van der Waals surface area contributed by atoms with Crippen LogP contribution in [0.2, 0.25) is 5.02 Å². The first-order valence-corrected chi connectivity index (χ1v) is 7.49. The summed E-state index contributed by atoms with van der Waals surface area (Å²) in [5.74, 6) is 0.730. The van der Waals surface area contributed by atoms with Gasteiger partial charge in [-0.05, 0) is 50.1 Å². The molecule has 4 nitrogen and oxygen atoms in total. The largest absolute Gasteiger partial charge is 0.329 e. The van der Waals surface area contributed by atoms with Crippen LogP contribution in [0.15, 0.2) is 12.3 Å². The molecule has 5 rings (SSSR count). The number of hydrogen-bond acceptors (Lipinski definition) is 3. The topological polar surface area (TPSA) is 36.9 Å². The zero-order chi connectivity index (χ0) is 13.0. The summed E-state index contributed by atoms with van der Waals surface area (Å²) in [6.45, 7) is 3.56. The molecule has 5 heterocycles. The van der Waals surface area contributed by atoms with E-state index >= 15 is 0 Å². The number of H-pyrrole nitrogens is 1. The normalized spacial score (nSPS) is 30.1. The number of pyridine rings is 1. The molecular formula is C13H15ClN4S. The predicted octanol–water partition coefficient (Wildman–Crippen LogP) is 3.01. The molecule has 1 N–H and O–H groups in total. The van der Waals surface area contributed by atoms with Gasteiger partial charge in [-0.15, -0.1) is 0 Å². The summed E-state index contributed by atoms with van der Waals surface area (Å²) in [6.07, 6.45) is 4.24. The third-order valence-corrected chi connectivity index (χ3v) is 4.98. The first-order valence-electron chi connectivity index (χ1n) is 6.70. The second-order valence-corrected chi connectivity index (χ2v) is 6.35. The highest BCUT2D eigenvalue weighted by Crippen LogP contribution is 2.37. The van der Waals surface area contributed by atoms with Crippen molar-refractivity contribution in [3.05, 3.63) is 22.1 Å². The van der Waals surface area contributed by atoms with E-state index in [1.807, 2.05) is 6.07 Å². The second-order valence-electron chi connectivity index (χ2n) is 5.53. The van der Waals surface area contributed by atoms with Gasteiger partial charge in [0.2, 0.25) is 0 Å². The van der Waals surface area contributed by atoms with Crippen molar-refractivity contribution in [3.63, 3.8) is 0 Å². The van der Waals surface area contributed by atoms with E-state index < -0.39 is 0 Å². The van der Waals surface area contributed by atoms with Crippen LogP contribution in [0, 0.1) is 10.7 Å². The monoisotopic (exact) mass is 294 g/mol. The molecule has 1 atom stereocenters. The van der Waals surface area contributed by atoms with Crippen LogP contribution < -0.4 is 0 Å². The molecule has 2 aromatic rings. The van der Waals surface area contributed by atoms with Crippen LogP contribution in [0.1, 0.15) is 18.9 Å². The Hall–Kier alpha value is -0.910. The molecule has 0 amide bonds. The average Bonchev–Trinajstić information content (AvgIpc) is 2.75. The molecule has 0 saturated carbocycles.